The number of hydrogen-bond acceptors (Lipinski definition) is 2. The Bertz CT molecular complexity index is 989. The third-order valence-electron chi connectivity index (χ3n) is 5.73. The van der Waals surface area contributed by atoms with Crippen LogP contribution in [0.25, 0.3) is 16.5 Å². The molecule has 4 rings (SSSR count). The van der Waals surface area contributed by atoms with E-state index in [0.29, 0.717) is 6.54 Å². The Balaban J connectivity index is 1.48. The number of aromatic amines is 1. The summed E-state index contributed by atoms with van der Waals surface area (Å²) in [6.45, 7) is 6.43. The van der Waals surface area contributed by atoms with Gasteiger partial charge in [0.25, 0.3) is 0 Å². The fourth-order valence-corrected chi connectivity index (χ4v) is 4.07. The summed E-state index contributed by atoms with van der Waals surface area (Å²) in [5.41, 5.74) is 4.79. The molecule has 1 aliphatic rings. The summed E-state index contributed by atoms with van der Waals surface area (Å²) in [6.07, 6.45) is 5.34. The van der Waals surface area contributed by atoms with Crippen molar-refractivity contribution in [3.05, 3.63) is 72.4 Å². The topological polar surface area (TPSA) is 39.3 Å². The first-order chi connectivity index (χ1) is 13.7. The van der Waals surface area contributed by atoms with Crippen molar-refractivity contribution in [2.75, 3.05) is 24.5 Å². The number of aromatic nitrogens is 1. The minimum Gasteiger partial charge on any atom is -0.361 e. The van der Waals surface area contributed by atoms with Crippen LogP contribution in [0.5, 0.6) is 0 Å². The third kappa shape index (κ3) is 3.48. The van der Waals surface area contributed by atoms with Crippen molar-refractivity contribution in [1.82, 2.24) is 9.88 Å². The first-order valence-corrected chi connectivity index (χ1v) is 10.0. The highest BCUT2D eigenvalue weighted by Crippen LogP contribution is 2.30. The van der Waals surface area contributed by atoms with E-state index in [1.165, 1.54) is 22.0 Å². The first-order valence-electron chi connectivity index (χ1n) is 10.0. The Morgan fingerprint density at radius 1 is 1.14 bits per heavy atom. The zero-order valence-corrected chi connectivity index (χ0v) is 16.6. The van der Waals surface area contributed by atoms with E-state index in [0.717, 1.165) is 25.2 Å². The number of rotatable bonds is 5. The molecule has 0 unspecified atom stereocenters. The summed E-state index contributed by atoms with van der Waals surface area (Å²) < 4.78 is 0. The number of hydrogen-bond donors (Lipinski definition) is 1. The number of fused-ring (bicyclic) bond motifs is 1. The minimum atomic E-state index is -0.138. The molecule has 0 saturated heterocycles. The van der Waals surface area contributed by atoms with E-state index < -0.39 is 0 Å². The number of H-pyrrole nitrogens is 1. The largest absolute Gasteiger partial charge is 0.361 e. The van der Waals surface area contributed by atoms with Crippen molar-refractivity contribution in [3.8, 4) is 0 Å². The van der Waals surface area contributed by atoms with Crippen LogP contribution in [0.3, 0.4) is 0 Å². The lowest BCUT2D eigenvalue weighted by molar-refractivity contribution is -0.123. The van der Waals surface area contributed by atoms with Gasteiger partial charge in [0, 0.05) is 48.0 Å². The Morgan fingerprint density at radius 3 is 2.61 bits per heavy atom. The van der Waals surface area contributed by atoms with E-state index in [-0.39, 0.29) is 11.9 Å². The minimum absolute atomic E-state index is 0.138. The number of carbonyl (C=O) groups is 1. The summed E-state index contributed by atoms with van der Waals surface area (Å²) in [5.74, 6) is 0.164. The maximum Gasteiger partial charge on any atom is 0.244 e. The van der Waals surface area contributed by atoms with Crippen molar-refractivity contribution in [2.45, 2.75) is 26.3 Å². The molecule has 0 spiro atoms. The van der Waals surface area contributed by atoms with Crippen LogP contribution in [-0.4, -0.2) is 41.5 Å². The molecule has 1 aliphatic heterocycles. The number of anilines is 1. The normalized spacial score (nSPS) is 16.0. The van der Waals surface area contributed by atoms with Crippen LogP contribution in [0, 0.1) is 0 Å². The van der Waals surface area contributed by atoms with Crippen molar-refractivity contribution in [3.63, 3.8) is 0 Å². The van der Waals surface area contributed by atoms with Gasteiger partial charge in [0.1, 0.15) is 0 Å². The number of carbonyl (C=O) groups excluding carboxylic acids is 1. The van der Waals surface area contributed by atoms with E-state index in [4.69, 9.17) is 0 Å². The molecule has 144 valence electrons. The predicted octanol–water partition coefficient (Wildman–Crippen LogP) is 4.70. The van der Waals surface area contributed by atoms with E-state index in [2.05, 4.69) is 46.4 Å². The number of para-hydroxylation sites is 2. The number of nitrogens with one attached hydrogen (secondary N) is 1. The number of likely N-dealkylation sites (N-methyl/N-ethyl adjacent to an activating group) is 1. The molecule has 2 heterocycles. The van der Waals surface area contributed by atoms with Crippen LogP contribution in [-0.2, 0) is 4.79 Å². The van der Waals surface area contributed by atoms with Gasteiger partial charge >= 0.3 is 0 Å². The van der Waals surface area contributed by atoms with E-state index in [1.807, 2.05) is 49.1 Å². The standard InChI is InChI=1S/C24H27N3O/c1-3-27(20-9-5-4-6-10-20)24(28)18(2)26-15-13-19(14-16-26)22-17-25-23-12-8-7-11-21(22)23/h4-13,17-18,25H,3,14-16H2,1-2H3/t18-/m1/s1. The molecule has 1 atom stereocenters. The highest BCUT2D eigenvalue weighted by molar-refractivity contribution is 5.97. The fourth-order valence-electron chi connectivity index (χ4n) is 4.07. The van der Waals surface area contributed by atoms with Crippen LogP contribution in [0.4, 0.5) is 5.69 Å². The van der Waals surface area contributed by atoms with Gasteiger partial charge in [-0.15, -0.1) is 0 Å². The quantitative estimate of drug-likeness (QED) is 0.704. The molecule has 0 fully saturated rings. The second-order valence-corrected chi connectivity index (χ2v) is 7.32. The van der Waals surface area contributed by atoms with Gasteiger partial charge in [0.15, 0.2) is 0 Å². The molecule has 2 aromatic carbocycles. The SMILES string of the molecule is CCN(C(=O)[C@@H](C)N1CC=C(c2c[nH]c3ccccc23)CC1)c1ccccc1. The monoisotopic (exact) mass is 373 g/mol. The van der Waals surface area contributed by atoms with Gasteiger partial charge in [-0.1, -0.05) is 42.5 Å². The van der Waals surface area contributed by atoms with Gasteiger partial charge in [0.05, 0.1) is 6.04 Å². The number of benzene rings is 2. The van der Waals surface area contributed by atoms with Crippen LogP contribution in [0.15, 0.2) is 66.9 Å². The van der Waals surface area contributed by atoms with Gasteiger partial charge < -0.3 is 9.88 Å². The molecule has 1 aromatic heterocycles. The lowest BCUT2D eigenvalue weighted by atomic mass is 9.98. The number of nitrogens with zero attached hydrogens (tertiary/aromatic N) is 2. The van der Waals surface area contributed by atoms with Gasteiger partial charge in [-0.3, -0.25) is 9.69 Å². The van der Waals surface area contributed by atoms with Crippen molar-refractivity contribution in [2.24, 2.45) is 0 Å². The predicted molar refractivity (Wildman–Crippen MR) is 116 cm³/mol. The average molecular weight is 374 g/mol. The number of amides is 1. The van der Waals surface area contributed by atoms with Gasteiger partial charge in [-0.25, -0.2) is 0 Å². The lowest BCUT2D eigenvalue weighted by Crippen LogP contribution is -2.48. The molecule has 1 N–H and O–H groups in total. The molecule has 0 aliphatic carbocycles. The third-order valence-corrected chi connectivity index (χ3v) is 5.73. The van der Waals surface area contributed by atoms with Crippen LogP contribution < -0.4 is 4.90 Å². The van der Waals surface area contributed by atoms with E-state index >= 15 is 0 Å². The maximum atomic E-state index is 13.1. The van der Waals surface area contributed by atoms with Crippen molar-refractivity contribution >= 4 is 28.1 Å². The molecule has 0 saturated carbocycles. The smallest absolute Gasteiger partial charge is 0.244 e. The fraction of sp³-hybridized carbons (Fsp3) is 0.292. The average Bonchev–Trinajstić information content (AvgIpc) is 3.19. The molecule has 4 nitrogen and oxygen atoms in total. The zero-order chi connectivity index (χ0) is 19.5. The zero-order valence-electron chi connectivity index (χ0n) is 16.6. The maximum absolute atomic E-state index is 13.1. The van der Waals surface area contributed by atoms with Crippen molar-refractivity contribution < 1.29 is 4.79 Å². The Hall–Kier alpha value is -2.85. The summed E-state index contributed by atoms with van der Waals surface area (Å²) in [5, 5.41) is 1.27. The van der Waals surface area contributed by atoms with Gasteiger partial charge in [0.2, 0.25) is 5.91 Å². The van der Waals surface area contributed by atoms with Crippen LogP contribution in [0.2, 0.25) is 0 Å². The second kappa shape index (κ2) is 8.03. The highest BCUT2D eigenvalue weighted by Gasteiger charge is 2.27. The van der Waals surface area contributed by atoms with Crippen LogP contribution >= 0.6 is 0 Å². The summed E-state index contributed by atoms with van der Waals surface area (Å²) in [4.78, 5) is 20.6. The van der Waals surface area contributed by atoms with Gasteiger partial charge in [-0.05, 0) is 44.0 Å². The Morgan fingerprint density at radius 2 is 1.89 bits per heavy atom. The second-order valence-electron chi connectivity index (χ2n) is 7.32. The Kier molecular flexibility index (Phi) is 5.31. The molecule has 0 radical (unpaired) electrons. The molecule has 0 bridgehead atoms. The molecule has 1 amide bonds. The Labute approximate surface area is 166 Å². The molecular weight excluding hydrogens is 346 g/mol. The first kappa shape index (κ1) is 18.5. The molecular formula is C24H27N3O. The highest BCUT2D eigenvalue weighted by atomic mass is 16.2. The van der Waals surface area contributed by atoms with E-state index in [9.17, 15) is 4.79 Å². The summed E-state index contributed by atoms with van der Waals surface area (Å²) in [6, 6.07) is 18.2. The van der Waals surface area contributed by atoms with Crippen molar-refractivity contribution in [1.29, 1.82) is 0 Å². The van der Waals surface area contributed by atoms with Crippen LogP contribution in [0.1, 0.15) is 25.8 Å². The van der Waals surface area contributed by atoms with E-state index in [1.54, 1.807) is 0 Å². The lowest BCUT2D eigenvalue weighted by Gasteiger charge is -2.34. The van der Waals surface area contributed by atoms with Gasteiger partial charge in [-0.2, -0.15) is 0 Å². The summed E-state index contributed by atoms with van der Waals surface area (Å²) >= 11 is 0. The molecule has 3 aromatic rings. The molecule has 28 heavy (non-hydrogen) atoms. The summed E-state index contributed by atoms with van der Waals surface area (Å²) in [7, 11) is 0. The molecule has 4 heteroatoms.